The first kappa shape index (κ1) is 16.4. The summed E-state index contributed by atoms with van der Waals surface area (Å²) in [6, 6.07) is 5.23. The molecule has 0 bridgehead atoms. The van der Waals surface area contributed by atoms with Crippen molar-refractivity contribution >= 4 is 28.9 Å². The number of anilines is 3. The molecule has 0 unspecified atom stereocenters. The number of alkyl halides is 3. The fourth-order valence-corrected chi connectivity index (χ4v) is 1.97. The van der Waals surface area contributed by atoms with Crippen molar-refractivity contribution in [1.29, 1.82) is 0 Å². The molecule has 118 valence electrons. The van der Waals surface area contributed by atoms with Gasteiger partial charge in [0.25, 0.3) is 0 Å². The number of hydrogen-bond donors (Lipinski definition) is 2. The molecule has 22 heavy (non-hydrogen) atoms. The largest absolute Gasteiger partial charge is 0.417 e. The number of halogens is 4. The van der Waals surface area contributed by atoms with Gasteiger partial charge in [0.2, 0.25) is 0 Å². The van der Waals surface area contributed by atoms with Crippen LogP contribution in [-0.2, 0) is 6.18 Å². The van der Waals surface area contributed by atoms with E-state index in [9.17, 15) is 13.2 Å². The van der Waals surface area contributed by atoms with Crippen molar-refractivity contribution in [2.75, 3.05) is 17.2 Å². The van der Waals surface area contributed by atoms with Crippen LogP contribution in [0, 0.1) is 0 Å². The van der Waals surface area contributed by atoms with Crippen LogP contribution in [-0.4, -0.2) is 16.5 Å². The lowest BCUT2D eigenvalue weighted by Gasteiger charge is -2.12. The minimum Gasteiger partial charge on any atom is -0.370 e. The molecule has 0 saturated heterocycles. The molecule has 0 aliphatic heterocycles. The van der Waals surface area contributed by atoms with Crippen LogP contribution in [0.15, 0.2) is 30.6 Å². The lowest BCUT2D eigenvalue weighted by atomic mass is 10.2. The zero-order valence-corrected chi connectivity index (χ0v) is 12.5. The van der Waals surface area contributed by atoms with E-state index < -0.39 is 11.7 Å². The predicted octanol–water partition coefficient (Wildman–Crippen LogP) is 4.71. The Bertz CT molecular complexity index is 646. The summed E-state index contributed by atoms with van der Waals surface area (Å²) in [5.41, 5.74) is -0.644. The highest BCUT2D eigenvalue weighted by atomic mass is 35.5. The van der Waals surface area contributed by atoms with Crippen molar-refractivity contribution in [3.63, 3.8) is 0 Å². The molecule has 0 amide bonds. The lowest BCUT2D eigenvalue weighted by Crippen LogP contribution is -2.07. The van der Waals surface area contributed by atoms with Crippen molar-refractivity contribution in [3.8, 4) is 0 Å². The van der Waals surface area contributed by atoms with E-state index in [0.29, 0.717) is 11.6 Å². The zero-order valence-electron chi connectivity index (χ0n) is 11.7. The van der Waals surface area contributed by atoms with Crippen molar-refractivity contribution in [1.82, 2.24) is 9.97 Å². The predicted molar refractivity (Wildman–Crippen MR) is 80.5 cm³/mol. The Balaban J connectivity index is 2.20. The van der Waals surface area contributed by atoms with Crippen LogP contribution in [0.2, 0.25) is 5.02 Å². The lowest BCUT2D eigenvalue weighted by molar-refractivity contribution is -0.137. The van der Waals surface area contributed by atoms with Gasteiger partial charge in [-0.3, -0.25) is 0 Å². The van der Waals surface area contributed by atoms with Gasteiger partial charge in [-0.25, -0.2) is 9.97 Å². The number of benzene rings is 1. The summed E-state index contributed by atoms with van der Waals surface area (Å²) < 4.78 is 38.5. The molecule has 1 aromatic carbocycles. The van der Waals surface area contributed by atoms with Crippen LogP contribution in [0.5, 0.6) is 0 Å². The molecular formula is C14H14ClF3N4. The molecule has 4 nitrogen and oxygen atoms in total. The second-order valence-corrected chi connectivity index (χ2v) is 4.94. The third-order valence-corrected chi connectivity index (χ3v) is 3.10. The Hall–Kier alpha value is -2.02. The molecule has 0 saturated carbocycles. The van der Waals surface area contributed by atoms with Gasteiger partial charge in [0.1, 0.15) is 18.0 Å². The second-order valence-electron chi connectivity index (χ2n) is 4.53. The molecule has 1 heterocycles. The second kappa shape index (κ2) is 6.83. The summed E-state index contributed by atoms with van der Waals surface area (Å²) in [6.07, 6.45) is -2.24. The minimum atomic E-state index is -4.51. The summed E-state index contributed by atoms with van der Waals surface area (Å²) >= 11 is 5.58. The maximum Gasteiger partial charge on any atom is 0.417 e. The Morgan fingerprint density at radius 2 is 1.86 bits per heavy atom. The highest BCUT2D eigenvalue weighted by Crippen LogP contribution is 2.36. The molecular weight excluding hydrogens is 317 g/mol. The third kappa shape index (κ3) is 4.24. The molecule has 2 N–H and O–H groups in total. The first-order chi connectivity index (χ1) is 10.4. The zero-order chi connectivity index (χ0) is 16.2. The summed E-state index contributed by atoms with van der Waals surface area (Å²) in [5, 5.41) is 5.54. The molecule has 0 fully saturated rings. The van der Waals surface area contributed by atoms with E-state index >= 15 is 0 Å². The SMILES string of the molecule is CCCNc1cc(Nc2ccc(Cl)c(C(F)(F)F)c2)ncn1. The monoisotopic (exact) mass is 330 g/mol. The van der Waals surface area contributed by atoms with Crippen LogP contribution in [0.3, 0.4) is 0 Å². The topological polar surface area (TPSA) is 49.8 Å². The highest BCUT2D eigenvalue weighted by molar-refractivity contribution is 6.31. The fourth-order valence-electron chi connectivity index (χ4n) is 1.74. The standard InChI is InChI=1S/C14H14ClF3N4/c1-2-5-19-12-7-13(21-8-20-12)22-9-3-4-11(15)10(6-9)14(16,17)18/h3-4,6-8H,2,5H2,1H3,(H2,19,20,21,22). The van der Waals surface area contributed by atoms with Gasteiger partial charge in [0.05, 0.1) is 10.6 Å². The Labute approximate surface area is 130 Å². The van der Waals surface area contributed by atoms with Gasteiger partial charge in [0.15, 0.2) is 0 Å². The summed E-state index contributed by atoms with van der Waals surface area (Å²) in [6.45, 7) is 2.76. The molecule has 2 rings (SSSR count). The fraction of sp³-hybridized carbons (Fsp3) is 0.286. The van der Waals surface area contributed by atoms with Crippen LogP contribution in [0.25, 0.3) is 0 Å². The van der Waals surface area contributed by atoms with Gasteiger partial charge in [-0.2, -0.15) is 13.2 Å². The van der Waals surface area contributed by atoms with Crippen molar-refractivity contribution in [2.24, 2.45) is 0 Å². The van der Waals surface area contributed by atoms with E-state index in [-0.39, 0.29) is 10.7 Å². The van der Waals surface area contributed by atoms with Crippen LogP contribution >= 0.6 is 11.6 Å². The molecule has 0 aliphatic rings. The molecule has 0 spiro atoms. The van der Waals surface area contributed by atoms with Crippen LogP contribution in [0.4, 0.5) is 30.5 Å². The minimum absolute atomic E-state index is 0.247. The first-order valence-electron chi connectivity index (χ1n) is 6.60. The first-order valence-corrected chi connectivity index (χ1v) is 6.97. The van der Waals surface area contributed by atoms with Gasteiger partial charge in [0, 0.05) is 18.3 Å². The van der Waals surface area contributed by atoms with Crippen molar-refractivity contribution in [2.45, 2.75) is 19.5 Å². The Morgan fingerprint density at radius 1 is 1.14 bits per heavy atom. The number of rotatable bonds is 5. The van der Waals surface area contributed by atoms with Crippen LogP contribution in [0.1, 0.15) is 18.9 Å². The number of hydrogen-bond acceptors (Lipinski definition) is 4. The molecule has 0 aliphatic carbocycles. The molecule has 0 radical (unpaired) electrons. The quantitative estimate of drug-likeness (QED) is 0.833. The number of aromatic nitrogens is 2. The summed E-state index contributed by atoms with van der Waals surface area (Å²) in [7, 11) is 0. The van der Waals surface area contributed by atoms with Gasteiger partial charge in [-0.15, -0.1) is 0 Å². The molecule has 2 aromatic rings. The highest BCUT2D eigenvalue weighted by Gasteiger charge is 2.33. The van der Waals surface area contributed by atoms with E-state index in [2.05, 4.69) is 20.6 Å². The summed E-state index contributed by atoms with van der Waals surface area (Å²) in [5.74, 6) is 0.994. The average molecular weight is 331 g/mol. The van der Waals surface area contributed by atoms with Gasteiger partial charge < -0.3 is 10.6 Å². The third-order valence-electron chi connectivity index (χ3n) is 2.77. The van der Waals surface area contributed by atoms with E-state index in [1.165, 1.54) is 18.5 Å². The van der Waals surface area contributed by atoms with E-state index in [1.807, 2.05) is 6.92 Å². The van der Waals surface area contributed by atoms with Crippen LogP contribution < -0.4 is 10.6 Å². The van der Waals surface area contributed by atoms with E-state index in [0.717, 1.165) is 19.0 Å². The number of nitrogens with zero attached hydrogens (tertiary/aromatic N) is 2. The van der Waals surface area contributed by atoms with E-state index in [4.69, 9.17) is 11.6 Å². The van der Waals surface area contributed by atoms with E-state index in [1.54, 1.807) is 6.07 Å². The Morgan fingerprint density at radius 3 is 2.55 bits per heavy atom. The average Bonchev–Trinajstić information content (AvgIpc) is 2.46. The van der Waals surface area contributed by atoms with Gasteiger partial charge >= 0.3 is 6.18 Å². The smallest absolute Gasteiger partial charge is 0.370 e. The van der Waals surface area contributed by atoms with Crippen molar-refractivity contribution < 1.29 is 13.2 Å². The Kier molecular flexibility index (Phi) is 5.07. The van der Waals surface area contributed by atoms with Crippen molar-refractivity contribution in [3.05, 3.63) is 41.2 Å². The maximum atomic E-state index is 12.8. The molecule has 0 atom stereocenters. The van der Waals surface area contributed by atoms with Gasteiger partial charge in [-0.05, 0) is 24.6 Å². The molecule has 8 heteroatoms. The summed E-state index contributed by atoms with van der Waals surface area (Å²) in [4.78, 5) is 8.01. The number of nitrogens with one attached hydrogen (secondary N) is 2. The normalized spacial score (nSPS) is 11.3. The van der Waals surface area contributed by atoms with Gasteiger partial charge in [-0.1, -0.05) is 18.5 Å². The molecule has 1 aromatic heterocycles. The maximum absolute atomic E-state index is 12.8.